The highest BCUT2D eigenvalue weighted by atomic mass is 16.5. The van der Waals surface area contributed by atoms with Crippen LogP contribution in [0, 0.1) is 0 Å². The molecule has 4 nitrogen and oxygen atoms in total. The van der Waals surface area contributed by atoms with E-state index in [1.807, 2.05) is 42.5 Å². The Kier molecular flexibility index (Phi) is 4.38. The molecule has 0 aliphatic rings. The molecule has 0 bridgehead atoms. The van der Waals surface area contributed by atoms with Gasteiger partial charge in [0, 0.05) is 30.3 Å². The van der Waals surface area contributed by atoms with Gasteiger partial charge in [0.2, 0.25) is 0 Å². The summed E-state index contributed by atoms with van der Waals surface area (Å²) in [6, 6.07) is 13.5. The first kappa shape index (κ1) is 15.9. The van der Waals surface area contributed by atoms with Crippen LogP contribution in [0.1, 0.15) is 10.4 Å². The van der Waals surface area contributed by atoms with E-state index in [0.29, 0.717) is 5.56 Å². The van der Waals surface area contributed by atoms with Crippen molar-refractivity contribution in [3.05, 3.63) is 60.3 Å². The second-order valence-corrected chi connectivity index (χ2v) is 5.38. The fourth-order valence-electron chi connectivity index (χ4n) is 2.90. The van der Waals surface area contributed by atoms with E-state index in [1.165, 1.54) is 6.08 Å². The Morgan fingerprint density at radius 1 is 1.04 bits per heavy atom. The highest BCUT2D eigenvalue weighted by Crippen LogP contribution is 2.37. The number of allylic oxidation sites excluding steroid dienone is 1. The van der Waals surface area contributed by atoms with Crippen LogP contribution in [0.15, 0.2) is 54.7 Å². The van der Waals surface area contributed by atoms with Crippen molar-refractivity contribution in [2.45, 2.75) is 0 Å². The Morgan fingerprint density at radius 3 is 2.58 bits per heavy atom. The van der Waals surface area contributed by atoms with E-state index in [4.69, 9.17) is 9.47 Å². The van der Waals surface area contributed by atoms with Gasteiger partial charge in [0.15, 0.2) is 5.78 Å². The maximum atomic E-state index is 12.6. The van der Waals surface area contributed by atoms with Gasteiger partial charge in [-0.2, -0.15) is 0 Å². The van der Waals surface area contributed by atoms with Gasteiger partial charge in [-0.1, -0.05) is 12.1 Å². The van der Waals surface area contributed by atoms with Gasteiger partial charge in [-0.05, 0) is 46.5 Å². The minimum atomic E-state index is -0.0516. The van der Waals surface area contributed by atoms with E-state index in [1.54, 1.807) is 27.5 Å². The van der Waals surface area contributed by atoms with Gasteiger partial charge < -0.3 is 14.8 Å². The molecular weight excluding hydrogens is 302 g/mol. The van der Waals surface area contributed by atoms with E-state index in [0.717, 1.165) is 33.0 Å². The Hall–Kier alpha value is -3.01. The van der Waals surface area contributed by atoms with E-state index >= 15 is 0 Å². The molecule has 0 atom stereocenters. The summed E-state index contributed by atoms with van der Waals surface area (Å²) in [6.07, 6.45) is 3.17. The molecule has 24 heavy (non-hydrogen) atoms. The van der Waals surface area contributed by atoms with Crippen molar-refractivity contribution in [1.82, 2.24) is 5.32 Å². The maximum absolute atomic E-state index is 12.6. The quantitative estimate of drug-likeness (QED) is 0.439. The fourth-order valence-corrected chi connectivity index (χ4v) is 2.90. The highest BCUT2D eigenvalue weighted by Gasteiger charge is 2.14. The van der Waals surface area contributed by atoms with E-state index in [9.17, 15) is 4.79 Å². The van der Waals surface area contributed by atoms with Crippen LogP contribution in [-0.4, -0.2) is 27.1 Å². The third-order valence-corrected chi connectivity index (χ3v) is 4.03. The van der Waals surface area contributed by atoms with Crippen LogP contribution in [0.4, 0.5) is 0 Å². The van der Waals surface area contributed by atoms with Gasteiger partial charge in [-0.3, -0.25) is 4.79 Å². The standard InChI is InChI=1S/C20H19NO3/c1-21-10-9-18(22)16-11-13-5-4-6-19(24-3)20(13)17-12-14(23-2)7-8-15(16)17/h4-12,21H,1-3H3. The largest absolute Gasteiger partial charge is 0.497 e. The van der Waals surface area contributed by atoms with Crippen LogP contribution in [-0.2, 0) is 0 Å². The minimum absolute atomic E-state index is 0.0516. The molecule has 0 radical (unpaired) electrons. The SMILES string of the molecule is CNC=CC(=O)c1cc2cccc(OC)c2c2cc(OC)ccc12. The molecule has 3 aromatic rings. The second-order valence-electron chi connectivity index (χ2n) is 5.38. The normalized spacial score (nSPS) is 11.1. The third kappa shape index (κ3) is 2.67. The first-order valence-electron chi connectivity index (χ1n) is 7.65. The Labute approximate surface area is 140 Å². The lowest BCUT2D eigenvalue weighted by Gasteiger charge is -2.13. The predicted molar refractivity (Wildman–Crippen MR) is 97.1 cm³/mol. The topological polar surface area (TPSA) is 47.6 Å². The van der Waals surface area contributed by atoms with Crippen molar-refractivity contribution in [2.24, 2.45) is 0 Å². The first-order chi connectivity index (χ1) is 11.7. The van der Waals surface area contributed by atoms with Gasteiger partial charge in [0.1, 0.15) is 11.5 Å². The molecule has 0 aromatic heterocycles. The maximum Gasteiger partial charge on any atom is 0.187 e. The van der Waals surface area contributed by atoms with Crippen molar-refractivity contribution < 1.29 is 14.3 Å². The summed E-state index contributed by atoms with van der Waals surface area (Å²) < 4.78 is 10.9. The molecule has 0 saturated heterocycles. The minimum Gasteiger partial charge on any atom is -0.497 e. The van der Waals surface area contributed by atoms with Crippen LogP contribution in [0.2, 0.25) is 0 Å². The lowest BCUT2D eigenvalue weighted by molar-refractivity contribution is 0.104. The van der Waals surface area contributed by atoms with Crippen molar-refractivity contribution in [3.8, 4) is 11.5 Å². The average Bonchev–Trinajstić information content (AvgIpc) is 2.64. The number of carbonyl (C=O) groups excluding carboxylic acids is 1. The number of hydrogen-bond acceptors (Lipinski definition) is 4. The van der Waals surface area contributed by atoms with Crippen molar-refractivity contribution >= 4 is 27.3 Å². The molecule has 3 rings (SSSR count). The molecule has 3 aromatic carbocycles. The molecule has 0 saturated carbocycles. The number of rotatable bonds is 5. The number of methoxy groups -OCH3 is 2. The first-order valence-corrected chi connectivity index (χ1v) is 7.65. The fraction of sp³-hybridized carbons (Fsp3) is 0.150. The molecule has 0 heterocycles. The molecule has 0 amide bonds. The second kappa shape index (κ2) is 6.62. The summed E-state index contributed by atoms with van der Waals surface area (Å²) in [5, 5.41) is 6.59. The molecule has 0 unspecified atom stereocenters. The molecule has 0 spiro atoms. The average molecular weight is 321 g/mol. The zero-order valence-corrected chi connectivity index (χ0v) is 13.9. The zero-order chi connectivity index (χ0) is 17.1. The summed E-state index contributed by atoms with van der Waals surface area (Å²) in [5.41, 5.74) is 0.653. The van der Waals surface area contributed by atoms with Crippen LogP contribution in [0.5, 0.6) is 11.5 Å². The van der Waals surface area contributed by atoms with Crippen LogP contribution >= 0.6 is 0 Å². The molecule has 4 heteroatoms. The number of ether oxygens (including phenoxy) is 2. The van der Waals surface area contributed by atoms with Crippen molar-refractivity contribution in [2.75, 3.05) is 21.3 Å². The number of hydrogen-bond donors (Lipinski definition) is 1. The Balaban J connectivity index is 2.41. The summed E-state index contributed by atoms with van der Waals surface area (Å²) in [6.45, 7) is 0. The van der Waals surface area contributed by atoms with E-state index in [2.05, 4.69) is 5.32 Å². The van der Waals surface area contributed by atoms with Gasteiger partial charge in [0.25, 0.3) is 0 Å². The van der Waals surface area contributed by atoms with E-state index < -0.39 is 0 Å². The van der Waals surface area contributed by atoms with Crippen LogP contribution < -0.4 is 14.8 Å². The van der Waals surface area contributed by atoms with Crippen LogP contribution in [0.3, 0.4) is 0 Å². The number of benzene rings is 3. The number of fused-ring (bicyclic) bond motifs is 3. The van der Waals surface area contributed by atoms with Crippen molar-refractivity contribution in [3.63, 3.8) is 0 Å². The Morgan fingerprint density at radius 2 is 1.88 bits per heavy atom. The molecule has 0 aliphatic carbocycles. The number of ketones is 1. The highest BCUT2D eigenvalue weighted by molar-refractivity contribution is 6.21. The molecule has 0 aliphatic heterocycles. The smallest absolute Gasteiger partial charge is 0.187 e. The third-order valence-electron chi connectivity index (χ3n) is 4.03. The Bertz CT molecular complexity index is 944. The molecular formula is C20H19NO3. The van der Waals surface area contributed by atoms with Crippen molar-refractivity contribution in [1.29, 1.82) is 0 Å². The summed E-state index contributed by atoms with van der Waals surface area (Å²) in [5.74, 6) is 1.46. The molecule has 1 N–H and O–H groups in total. The lowest BCUT2D eigenvalue weighted by Crippen LogP contribution is -2.00. The zero-order valence-electron chi connectivity index (χ0n) is 13.9. The monoisotopic (exact) mass is 321 g/mol. The molecule has 0 fully saturated rings. The van der Waals surface area contributed by atoms with Gasteiger partial charge >= 0.3 is 0 Å². The summed E-state index contributed by atoms with van der Waals surface area (Å²) in [4.78, 5) is 12.6. The van der Waals surface area contributed by atoms with Gasteiger partial charge in [-0.15, -0.1) is 0 Å². The predicted octanol–water partition coefficient (Wildman–Crippen LogP) is 3.93. The van der Waals surface area contributed by atoms with Gasteiger partial charge in [-0.25, -0.2) is 0 Å². The summed E-state index contributed by atoms with van der Waals surface area (Å²) in [7, 11) is 5.04. The summed E-state index contributed by atoms with van der Waals surface area (Å²) >= 11 is 0. The van der Waals surface area contributed by atoms with E-state index in [-0.39, 0.29) is 5.78 Å². The van der Waals surface area contributed by atoms with Crippen LogP contribution in [0.25, 0.3) is 21.5 Å². The van der Waals surface area contributed by atoms with Gasteiger partial charge in [0.05, 0.1) is 14.2 Å². The number of nitrogens with one attached hydrogen (secondary N) is 1. The number of carbonyl (C=O) groups is 1. The molecule has 122 valence electrons. The lowest BCUT2D eigenvalue weighted by atomic mass is 9.94.